The molecule has 0 N–H and O–H groups in total. The third-order valence-electron chi connectivity index (χ3n) is 5.61. The summed E-state index contributed by atoms with van der Waals surface area (Å²) < 4.78 is 12.4. The van der Waals surface area contributed by atoms with Crippen LogP contribution in [0.3, 0.4) is 0 Å². The van der Waals surface area contributed by atoms with Crippen LogP contribution in [0, 0.1) is 0 Å². The quantitative estimate of drug-likeness (QED) is 0.440. The lowest BCUT2D eigenvalue weighted by molar-refractivity contribution is 0.476. The van der Waals surface area contributed by atoms with Crippen LogP contribution in [0.25, 0.3) is 0 Å². The SMILES string of the molecule is CC(C)(C)c1ccc(OPOc2ccc(C(C)(C)C)cc2C(C)(C)C)c(C(C)(C)C)c1. The minimum Gasteiger partial charge on any atom is -0.440 e. The predicted octanol–water partition coefficient (Wildman–Crippen LogP) is 8.84. The molecular formula is C28H43O2P. The second-order valence-electron chi connectivity index (χ2n) is 12.7. The molecule has 0 heterocycles. The van der Waals surface area contributed by atoms with Crippen molar-refractivity contribution < 1.29 is 9.05 Å². The first-order chi connectivity index (χ1) is 13.9. The molecule has 2 aromatic rings. The molecule has 0 saturated heterocycles. The van der Waals surface area contributed by atoms with Gasteiger partial charge in [-0.2, -0.15) is 0 Å². The highest BCUT2D eigenvalue weighted by atomic mass is 31.1. The Bertz CT molecular complexity index is 825. The van der Waals surface area contributed by atoms with E-state index in [1.165, 1.54) is 22.3 Å². The van der Waals surface area contributed by atoms with Crippen LogP contribution in [-0.2, 0) is 21.7 Å². The van der Waals surface area contributed by atoms with Crippen molar-refractivity contribution in [2.75, 3.05) is 0 Å². The molecule has 0 atom stereocenters. The Kier molecular flexibility index (Phi) is 7.29. The first-order valence-electron chi connectivity index (χ1n) is 11.3. The Morgan fingerprint density at radius 1 is 0.484 bits per heavy atom. The van der Waals surface area contributed by atoms with Gasteiger partial charge in [0.2, 0.25) is 0 Å². The van der Waals surface area contributed by atoms with Gasteiger partial charge in [0, 0.05) is 11.1 Å². The highest BCUT2D eigenvalue weighted by Gasteiger charge is 2.25. The smallest absolute Gasteiger partial charge is 0.275 e. The van der Waals surface area contributed by atoms with Gasteiger partial charge >= 0.3 is 0 Å². The van der Waals surface area contributed by atoms with Crippen molar-refractivity contribution in [1.82, 2.24) is 0 Å². The molecule has 0 aromatic heterocycles. The van der Waals surface area contributed by atoms with Crippen LogP contribution >= 0.6 is 9.03 Å². The van der Waals surface area contributed by atoms with E-state index in [9.17, 15) is 0 Å². The zero-order valence-corrected chi connectivity index (χ0v) is 22.8. The Morgan fingerprint density at radius 2 is 0.806 bits per heavy atom. The molecule has 0 aliphatic rings. The molecule has 3 heteroatoms. The first kappa shape index (κ1) is 25.7. The van der Waals surface area contributed by atoms with Crippen LogP contribution in [0.1, 0.15) is 105 Å². The largest absolute Gasteiger partial charge is 0.440 e. The summed E-state index contributed by atoms with van der Waals surface area (Å²) in [6, 6.07) is 13.1. The van der Waals surface area contributed by atoms with Crippen molar-refractivity contribution in [2.45, 2.75) is 105 Å². The highest BCUT2D eigenvalue weighted by molar-refractivity contribution is 7.27. The molecular weight excluding hydrogens is 399 g/mol. The molecule has 0 bridgehead atoms. The summed E-state index contributed by atoms with van der Waals surface area (Å²) in [5, 5.41) is 0. The van der Waals surface area contributed by atoms with E-state index in [0.29, 0.717) is 0 Å². The summed E-state index contributed by atoms with van der Waals surface area (Å²) in [5.41, 5.74) is 5.27. The van der Waals surface area contributed by atoms with Gasteiger partial charge in [0.05, 0.1) is 0 Å². The summed E-state index contributed by atoms with van der Waals surface area (Å²) in [4.78, 5) is 0. The minimum absolute atomic E-state index is 0.00794. The van der Waals surface area contributed by atoms with Crippen LogP contribution in [0.2, 0.25) is 0 Å². The fourth-order valence-electron chi connectivity index (χ4n) is 3.45. The van der Waals surface area contributed by atoms with Gasteiger partial charge in [-0.3, -0.25) is 0 Å². The maximum absolute atomic E-state index is 6.21. The summed E-state index contributed by atoms with van der Waals surface area (Å²) in [6.07, 6.45) is 0. The van der Waals surface area contributed by atoms with Gasteiger partial charge in [-0.25, -0.2) is 0 Å². The molecule has 0 spiro atoms. The predicted molar refractivity (Wildman–Crippen MR) is 137 cm³/mol. The van der Waals surface area contributed by atoms with Crippen molar-refractivity contribution in [3.63, 3.8) is 0 Å². The first-order valence-corrected chi connectivity index (χ1v) is 12.1. The Morgan fingerprint density at radius 3 is 1.06 bits per heavy atom. The molecule has 0 unspecified atom stereocenters. The molecule has 0 aliphatic carbocycles. The maximum atomic E-state index is 6.21. The summed E-state index contributed by atoms with van der Waals surface area (Å²) in [5.74, 6) is 1.81. The molecule has 31 heavy (non-hydrogen) atoms. The maximum Gasteiger partial charge on any atom is 0.275 e. The molecule has 172 valence electrons. The summed E-state index contributed by atoms with van der Waals surface area (Å²) in [7, 11) is -0.0951. The standard InChI is InChI=1S/C28H43O2P/c1-25(2,3)19-13-15-23(21(17-19)27(7,8)9)29-31-30-24-16-14-20(26(4,5)6)18-22(24)28(10,11)12/h13-18,31H,1-12H3. The second kappa shape index (κ2) is 8.78. The minimum atomic E-state index is -0.0951. The van der Waals surface area contributed by atoms with E-state index in [-0.39, 0.29) is 30.7 Å². The molecule has 0 fully saturated rings. The van der Waals surface area contributed by atoms with Gasteiger partial charge < -0.3 is 9.05 Å². The zero-order chi connectivity index (χ0) is 23.8. The normalized spacial score (nSPS) is 13.3. The highest BCUT2D eigenvalue weighted by Crippen LogP contribution is 2.41. The molecule has 0 radical (unpaired) electrons. The molecule has 2 rings (SSSR count). The number of hydrogen-bond donors (Lipinski definition) is 0. The fourth-order valence-corrected chi connectivity index (χ4v) is 4.03. The van der Waals surface area contributed by atoms with Crippen molar-refractivity contribution >= 4 is 9.03 Å². The van der Waals surface area contributed by atoms with E-state index >= 15 is 0 Å². The van der Waals surface area contributed by atoms with Gasteiger partial charge in [-0.05, 0) is 44.9 Å². The molecule has 0 saturated carbocycles. The zero-order valence-electron chi connectivity index (χ0n) is 21.8. The van der Waals surface area contributed by atoms with E-state index in [1.807, 2.05) is 0 Å². The van der Waals surface area contributed by atoms with E-state index in [0.717, 1.165) is 11.5 Å². The summed E-state index contributed by atoms with van der Waals surface area (Å²) in [6.45, 7) is 26.9. The van der Waals surface area contributed by atoms with Crippen LogP contribution in [0.5, 0.6) is 11.5 Å². The summed E-state index contributed by atoms with van der Waals surface area (Å²) >= 11 is 0. The third kappa shape index (κ3) is 6.72. The van der Waals surface area contributed by atoms with Gasteiger partial charge in [0.15, 0.2) is 0 Å². The Balaban J connectivity index is 2.29. The Labute approximate surface area is 193 Å². The van der Waals surface area contributed by atoms with Crippen molar-refractivity contribution in [2.24, 2.45) is 0 Å². The topological polar surface area (TPSA) is 18.5 Å². The van der Waals surface area contributed by atoms with Crippen LogP contribution < -0.4 is 9.05 Å². The van der Waals surface area contributed by atoms with Crippen LogP contribution in [0.15, 0.2) is 36.4 Å². The average Bonchev–Trinajstić information content (AvgIpc) is 2.58. The third-order valence-corrected chi connectivity index (χ3v) is 6.22. The van der Waals surface area contributed by atoms with Crippen molar-refractivity contribution in [3.05, 3.63) is 58.7 Å². The average molecular weight is 443 g/mol. The molecule has 2 nitrogen and oxygen atoms in total. The number of rotatable bonds is 4. The Hall–Kier alpha value is -1.53. The van der Waals surface area contributed by atoms with Gasteiger partial charge in [-0.15, -0.1) is 0 Å². The van der Waals surface area contributed by atoms with Gasteiger partial charge in [0.25, 0.3) is 9.03 Å². The van der Waals surface area contributed by atoms with Crippen LogP contribution in [-0.4, -0.2) is 0 Å². The molecule has 0 amide bonds. The van der Waals surface area contributed by atoms with E-state index in [4.69, 9.17) is 9.05 Å². The number of benzene rings is 2. The lowest BCUT2D eigenvalue weighted by Crippen LogP contribution is -2.17. The van der Waals surface area contributed by atoms with Crippen molar-refractivity contribution in [3.8, 4) is 11.5 Å². The van der Waals surface area contributed by atoms with Gasteiger partial charge in [0.1, 0.15) is 11.5 Å². The van der Waals surface area contributed by atoms with Crippen LogP contribution in [0.4, 0.5) is 0 Å². The fraction of sp³-hybridized carbons (Fsp3) is 0.571. The van der Waals surface area contributed by atoms with Crippen molar-refractivity contribution in [1.29, 1.82) is 0 Å². The van der Waals surface area contributed by atoms with E-state index in [2.05, 4.69) is 119 Å². The van der Waals surface area contributed by atoms with E-state index < -0.39 is 0 Å². The van der Waals surface area contributed by atoms with Gasteiger partial charge in [-0.1, -0.05) is 107 Å². The number of hydrogen-bond acceptors (Lipinski definition) is 2. The molecule has 2 aromatic carbocycles. The lowest BCUT2D eigenvalue weighted by Gasteiger charge is -2.28. The second-order valence-corrected chi connectivity index (χ2v) is 13.3. The molecule has 0 aliphatic heterocycles. The lowest BCUT2D eigenvalue weighted by atomic mass is 9.80. The monoisotopic (exact) mass is 442 g/mol. The van der Waals surface area contributed by atoms with E-state index in [1.54, 1.807) is 0 Å².